The predicted octanol–water partition coefficient (Wildman–Crippen LogP) is 1.85. The Labute approximate surface area is 93.7 Å². The third-order valence-electron chi connectivity index (χ3n) is 2.56. The zero-order valence-corrected chi connectivity index (χ0v) is 9.32. The maximum Gasteiger partial charge on any atom is 0.189 e. The number of ketones is 1. The molecule has 0 atom stereocenters. The van der Waals surface area contributed by atoms with Gasteiger partial charge < -0.3 is 0 Å². The van der Waals surface area contributed by atoms with Crippen LogP contribution in [0.3, 0.4) is 0 Å². The van der Waals surface area contributed by atoms with E-state index in [2.05, 4.69) is 15.4 Å². The molecule has 2 rings (SSSR count). The van der Waals surface area contributed by atoms with Crippen molar-refractivity contribution in [1.29, 1.82) is 0 Å². The second-order valence-corrected chi connectivity index (χ2v) is 3.89. The molecule has 0 saturated heterocycles. The summed E-state index contributed by atoms with van der Waals surface area (Å²) in [5.74, 6) is -0.0116. The first-order chi connectivity index (χ1) is 7.66. The molecule has 4 heteroatoms. The summed E-state index contributed by atoms with van der Waals surface area (Å²) in [5, 5.41) is 9.85. The molecule has 2 aromatic rings. The summed E-state index contributed by atoms with van der Waals surface area (Å²) in [4.78, 5) is 11.8. The molecule has 0 bridgehead atoms. The van der Waals surface area contributed by atoms with E-state index in [1.807, 2.05) is 32.0 Å². The maximum absolute atomic E-state index is 11.8. The van der Waals surface area contributed by atoms with Gasteiger partial charge in [-0.15, -0.1) is 0 Å². The number of rotatable bonds is 3. The van der Waals surface area contributed by atoms with Crippen LogP contribution in [0, 0.1) is 13.8 Å². The van der Waals surface area contributed by atoms with Crippen molar-refractivity contribution in [3.05, 3.63) is 46.8 Å². The second kappa shape index (κ2) is 4.26. The van der Waals surface area contributed by atoms with E-state index in [0.29, 0.717) is 12.1 Å². The standard InChI is InChI=1S/C12H13N3O/c1-8-3-4-9(2)10(5-8)6-12(16)11-7-13-15-14-11/h3-5,7H,6H2,1-2H3,(H,13,14,15). The summed E-state index contributed by atoms with van der Waals surface area (Å²) in [6, 6.07) is 6.10. The van der Waals surface area contributed by atoms with E-state index in [4.69, 9.17) is 0 Å². The fourth-order valence-electron chi connectivity index (χ4n) is 1.59. The molecular weight excluding hydrogens is 202 g/mol. The minimum atomic E-state index is -0.0116. The van der Waals surface area contributed by atoms with Gasteiger partial charge in [-0.3, -0.25) is 4.79 Å². The number of aromatic nitrogens is 3. The molecule has 0 aliphatic rings. The summed E-state index contributed by atoms with van der Waals surface area (Å²) in [6.07, 6.45) is 1.83. The van der Waals surface area contributed by atoms with Crippen molar-refractivity contribution in [3.63, 3.8) is 0 Å². The number of nitrogens with one attached hydrogen (secondary N) is 1. The number of Topliss-reactive ketones (excluding diaryl/α,β-unsaturated/α-hetero) is 1. The molecule has 0 aliphatic carbocycles. The molecule has 1 aromatic heterocycles. The number of H-pyrrole nitrogens is 1. The van der Waals surface area contributed by atoms with Crippen molar-refractivity contribution >= 4 is 5.78 Å². The smallest absolute Gasteiger partial charge is 0.189 e. The number of hydrogen-bond donors (Lipinski definition) is 1. The van der Waals surface area contributed by atoms with Gasteiger partial charge in [0.15, 0.2) is 5.78 Å². The Morgan fingerprint density at radius 3 is 2.88 bits per heavy atom. The lowest BCUT2D eigenvalue weighted by Crippen LogP contribution is -2.05. The van der Waals surface area contributed by atoms with Gasteiger partial charge in [-0.25, -0.2) is 0 Å². The predicted molar refractivity (Wildman–Crippen MR) is 60.3 cm³/mol. The van der Waals surface area contributed by atoms with Crippen LogP contribution < -0.4 is 0 Å². The minimum Gasteiger partial charge on any atom is -0.292 e. The number of benzene rings is 1. The van der Waals surface area contributed by atoms with Crippen LogP contribution in [0.25, 0.3) is 0 Å². The molecule has 0 fully saturated rings. The highest BCUT2D eigenvalue weighted by Crippen LogP contribution is 2.13. The van der Waals surface area contributed by atoms with Crippen LogP contribution in [0.1, 0.15) is 27.2 Å². The molecule has 1 heterocycles. The van der Waals surface area contributed by atoms with Crippen LogP contribution in [0.4, 0.5) is 0 Å². The zero-order valence-electron chi connectivity index (χ0n) is 9.32. The van der Waals surface area contributed by atoms with E-state index in [1.165, 1.54) is 6.20 Å². The Bertz CT molecular complexity index is 503. The molecule has 4 nitrogen and oxygen atoms in total. The van der Waals surface area contributed by atoms with Crippen LogP contribution >= 0.6 is 0 Å². The molecule has 0 spiro atoms. The van der Waals surface area contributed by atoms with Gasteiger partial charge in [0.1, 0.15) is 5.69 Å². The first-order valence-corrected chi connectivity index (χ1v) is 5.12. The molecule has 82 valence electrons. The van der Waals surface area contributed by atoms with Crippen LogP contribution in [-0.4, -0.2) is 21.2 Å². The Balaban J connectivity index is 2.21. The summed E-state index contributed by atoms with van der Waals surface area (Å²) in [6.45, 7) is 4.02. The number of aromatic amines is 1. The first-order valence-electron chi connectivity index (χ1n) is 5.12. The zero-order chi connectivity index (χ0) is 11.5. The Morgan fingerprint density at radius 2 is 2.19 bits per heavy atom. The van der Waals surface area contributed by atoms with Gasteiger partial charge in [-0.2, -0.15) is 15.4 Å². The molecule has 0 aliphatic heterocycles. The number of aryl methyl sites for hydroxylation is 2. The number of carbonyl (C=O) groups excluding carboxylic acids is 1. The number of nitrogens with zero attached hydrogens (tertiary/aromatic N) is 2. The molecular formula is C12H13N3O. The van der Waals surface area contributed by atoms with Crippen molar-refractivity contribution in [2.75, 3.05) is 0 Å². The van der Waals surface area contributed by atoms with E-state index in [-0.39, 0.29) is 5.78 Å². The van der Waals surface area contributed by atoms with Crippen molar-refractivity contribution in [2.45, 2.75) is 20.3 Å². The Hall–Kier alpha value is -1.97. The SMILES string of the molecule is Cc1ccc(C)c(CC(=O)c2cn[nH]n2)c1. The summed E-state index contributed by atoms with van der Waals surface area (Å²) >= 11 is 0. The third-order valence-corrected chi connectivity index (χ3v) is 2.56. The summed E-state index contributed by atoms with van der Waals surface area (Å²) in [7, 11) is 0. The van der Waals surface area contributed by atoms with Crippen LogP contribution in [0.2, 0.25) is 0 Å². The van der Waals surface area contributed by atoms with Crippen LogP contribution in [-0.2, 0) is 6.42 Å². The molecule has 0 saturated carbocycles. The van der Waals surface area contributed by atoms with E-state index in [0.717, 1.165) is 16.7 Å². The maximum atomic E-state index is 11.8. The average molecular weight is 215 g/mol. The van der Waals surface area contributed by atoms with E-state index < -0.39 is 0 Å². The van der Waals surface area contributed by atoms with E-state index >= 15 is 0 Å². The van der Waals surface area contributed by atoms with E-state index in [1.54, 1.807) is 0 Å². The fraction of sp³-hybridized carbons (Fsp3) is 0.250. The Kier molecular flexibility index (Phi) is 2.81. The third kappa shape index (κ3) is 2.16. The minimum absolute atomic E-state index is 0.0116. The van der Waals surface area contributed by atoms with Gasteiger partial charge in [-0.1, -0.05) is 23.8 Å². The number of carbonyl (C=O) groups is 1. The first kappa shape index (κ1) is 10.5. The van der Waals surface area contributed by atoms with Gasteiger partial charge in [-0.05, 0) is 25.0 Å². The molecule has 1 aromatic carbocycles. The van der Waals surface area contributed by atoms with Crippen molar-refractivity contribution in [1.82, 2.24) is 15.4 Å². The lowest BCUT2D eigenvalue weighted by atomic mass is 10.00. The van der Waals surface area contributed by atoms with Crippen molar-refractivity contribution in [3.8, 4) is 0 Å². The Morgan fingerprint density at radius 1 is 1.38 bits per heavy atom. The van der Waals surface area contributed by atoms with Gasteiger partial charge in [0.05, 0.1) is 6.20 Å². The number of hydrogen-bond acceptors (Lipinski definition) is 3. The average Bonchev–Trinajstić information content (AvgIpc) is 2.76. The highest BCUT2D eigenvalue weighted by molar-refractivity contribution is 5.95. The molecule has 0 radical (unpaired) electrons. The highest BCUT2D eigenvalue weighted by Gasteiger charge is 2.11. The monoisotopic (exact) mass is 215 g/mol. The highest BCUT2D eigenvalue weighted by atomic mass is 16.1. The normalized spacial score (nSPS) is 10.4. The van der Waals surface area contributed by atoms with Crippen LogP contribution in [0.5, 0.6) is 0 Å². The van der Waals surface area contributed by atoms with Gasteiger partial charge in [0, 0.05) is 6.42 Å². The quantitative estimate of drug-likeness (QED) is 0.795. The summed E-state index contributed by atoms with van der Waals surface area (Å²) in [5.41, 5.74) is 3.73. The van der Waals surface area contributed by atoms with Crippen molar-refractivity contribution < 1.29 is 4.79 Å². The topological polar surface area (TPSA) is 58.6 Å². The van der Waals surface area contributed by atoms with E-state index in [9.17, 15) is 4.79 Å². The fourth-order valence-corrected chi connectivity index (χ4v) is 1.59. The van der Waals surface area contributed by atoms with Crippen LogP contribution in [0.15, 0.2) is 24.4 Å². The second-order valence-electron chi connectivity index (χ2n) is 3.89. The molecule has 1 N–H and O–H groups in total. The van der Waals surface area contributed by atoms with Crippen molar-refractivity contribution in [2.24, 2.45) is 0 Å². The molecule has 0 unspecified atom stereocenters. The summed E-state index contributed by atoms with van der Waals surface area (Å²) < 4.78 is 0. The van der Waals surface area contributed by atoms with Gasteiger partial charge in [0.25, 0.3) is 0 Å². The largest absolute Gasteiger partial charge is 0.292 e. The molecule has 0 amide bonds. The van der Waals surface area contributed by atoms with Gasteiger partial charge in [0.2, 0.25) is 0 Å². The lowest BCUT2D eigenvalue weighted by Gasteiger charge is -2.04. The molecule has 16 heavy (non-hydrogen) atoms. The lowest BCUT2D eigenvalue weighted by molar-refractivity contribution is 0.0988. The van der Waals surface area contributed by atoms with Gasteiger partial charge >= 0.3 is 0 Å².